The van der Waals surface area contributed by atoms with Gasteiger partial charge in [0, 0.05) is 34.3 Å². The molecule has 4 nitrogen and oxygen atoms in total. The van der Waals surface area contributed by atoms with Crippen LogP contribution in [0, 0.1) is 0 Å². The van der Waals surface area contributed by atoms with Crippen molar-refractivity contribution in [1.29, 1.82) is 0 Å². The maximum atomic E-state index is 6.49. The summed E-state index contributed by atoms with van der Waals surface area (Å²) in [6.07, 6.45) is 3.78. The van der Waals surface area contributed by atoms with E-state index in [-0.39, 0.29) is 0 Å². The second-order valence-corrected chi connectivity index (χ2v) is 13.3. The van der Waals surface area contributed by atoms with Gasteiger partial charge in [0.1, 0.15) is 22.2 Å². The van der Waals surface area contributed by atoms with Crippen LogP contribution in [0.15, 0.2) is 179 Å². The number of pyridine rings is 2. The summed E-state index contributed by atoms with van der Waals surface area (Å²) in [4.78, 5) is 9.50. The molecule has 0 bridgehead atoms. The Balaban J connectivity index is 1.20. The molecule has 4 heterocycles. The molecule has 10 aromatic rings. The van der Waals surface area contributed by atoms with Crippen molar-refractivity contribution < 1.29 is 8.83 Å². The van der Waals surface area contributed by atoms with Gasteiger partial charge >= 0.3 is 0 Å². The summed E-state index contributed by atoms with van der Waals surface area (Å²) >= 11 is 0. The van der Waals surface area contributed by atoms with Crippen molar-refractivity contribution in [2.24, 2.45) is 0 Å². The van der Waals surface area contributed by atoms with Crippen LogP contribution in [0.5, 0.6) is 0 Å². The van der Waals surface area contributed by atoms with E-state index in [1.165, 1.54) is 33.4 Å². The van der Waals surface area contributed by atoms with Crippen molar-refractivity contribution in [2.45, 2.75) is 5.41 Å². The molecule has 0 aliphatic heterocycles. The zero-order valence-corrected chi connectivity index (χ0v) is 27.4. The molecule has 1 aliphatic carbocycles. The summed E-state index contributed by atoms with van der Waals surface area (Å²) in [5.41, 5.74) is 16.0. The zero-order valence-electron chi connectivity index (χ0n) is 27.4. The first-order chi connectivity index (χ1) is 25.3. The summed E-state index contributed by atoms with van der Waals surface area (Å²) in [5, 5.41) is 2.04. The predicted octanol–water partition coefficient (Wildman–Crippen LogP) is 12.0. The molecule has 0 saturated carbocycles. The summed E-state index contributed by atoms with van der Waals surface area (Å²) in [7, 11) is 0. The first-order valence-corrected chi connectivity index (χ1v) is 17.2. The Morgan fingerprint density at radius 1 is 0.392 bits per heavy atom. The minimum absolute atomic E-state index is 0.598. The van der Waals surface area contributed by atoms with Crippen LogP contribution in [0.4, 0.5) is 0 Å². The van der Waals surface area contributed by atoms with Crippen molar-refractivity contribution in [3.05, 3.63) is 192 Å². The van der Waals surface area contributed by atoms with Crippen LogP contribution in [0.25, 0.3) is 77.5 Å². The van der Waals surface area contributed by atoms with Crippen LogP contribution < -0.4 is 0 Å². The molecule has 0 atom stereocenters. The van der Waals surface area contributed by atoms with Crippen LogP contribution in [0.3, 0.4) is 0 Å². The summed E-state index contributed by atoms with van der Waals surface area (Å²) in [5.74, 6) is 0. The lowest BCUT2D eigenvalue weighted by Gasteiger charge is -2.34. The summed E-state index contributed by atoms with van der Waals surface area (Å²) in [6, 6.07) is 56.0. The molecule has 0 spiro atoms. The maximum Gasteiger partial charge on any atom is 0.161 e. The fraction of sp³-hybridized carbons (Fsp3) is 0.0213. The number of aromatic nitrogens is 2. The first kappa shape index (κ1) is 28.1. The number of nitrogens with zero attached hydrogens (tertiary/aromatic N) is 2. The van der Waals surface area contributed by atoms with Gasteiger partial charge in [0.2, 0.25) is 0 Å². The number of rotatable bonds is 4. The Labute approximate surface area is 293 Å². The molecule has 238 valence electrons. The largest absolute Gasteiger partial charge is 0.454 e. The highest BCUT2D eigenvalue weighted by atomic mass is 16.3. The van der Waals surface area contributed by atoms with Gasteiger partial charge in [0.15, 0.2) is 11.2 Å². The number of hydrogen-bond donors (Lipinski definition) is 0. The average molecular weight is 653 g/mol. The fourth-order valence-corrected chi connectivity index (χ4v) is 8.49. The number of benzene rings is 6. The van der Waals surface area contributed by atoms with Crippen LogP contribution in [0.1, 0.15) is 22.3 Å². The molecule has 0 radical (unpaired) electrons. The molecule has 6 aromatic carbocycles. The third kappa shape index (κ3) is 3.90. The van der Waals surface area contributed by atoms with E-state index in [0.29, 0.717) is 0 Å². The monoisotopic (exact) mass is 652 g/mol. The second-order valence-electron chi connectivity index (χ2n) is 13.3. The van der Waals surface area contributed by atoms with E-state index in [1.807, 2.05) is 48.8 Å². The van der Waals surface area contributed by atoms with E-state index in [4.69, 9.17) is 18.8 Å². The van der Waals surface area contributed by atoms with Gasteiger partial charge < -0.3 is 8.83 Å². The van der Waals surface area contributed by atoms with Crippen LogP contribution in [-0.4, -0.2) is 9.97 Å². The van der Waals surface area contributed by atoms with Gasteiger partial charge in [-0.05, 0) is 93.0 Å². The van der Waals surface area contributed by atoms with Crippen molar-refractivity contribution in [3.63, 3.8) is 0 Å². The Hall–Kier alpha value is -6.78. The van der Waals surface area contributed by atoms with Crippen LogP contribution >= 0.6 is 0 Å². The SMILES string of the molecule is c1ccc(C2(c3ccccc3)c3cc(-c4ccnc5c4oc4ccccc45)ccc3-c3ccc(-c4ccnc5c4oc4ccccc45)cc32)cc1. The molecule has 0 N–H and O–H groups in total. The van der Waals surface area contributed by atoms with Crippen LogP contribution in [0.2, 0.25) is 0 Å². The molecule has 0 fully saturated rings. The van der Waals surface area contributed by atoms with Crippen LogP contribution in [-0.2, 0) is 5.41 Å². The molecular formula is C47H28N2O2. The van der Waals surface area contributed by atoms with Crippen molar-refractivity contribution >= 4 is 44.1 Å². The molecule has 4 aromatic heterocycles. The van der Waals surface area contributed by atoms with Gasteiger partial charge in [0.05, 0.1) is 5.41 Å². The summed E-state index contributed by atoms with van der Waals surface area (Å²) in [6.45, 7) is 0. The molecule has 4 heteroatoms. The van der Waals surface area contributed by atoms with Crippen molar-refractivity contribution in [3.8, 4) is 33.4 Å². The van der Waals surface area contributed by atoms with Gasteiger partial charge in [-0.25, -0.2) is 0 Å². The molecule has 0 amide bonds. The lowest BCUT2D eigenvalue weighted by Crippen LogP contribution is -2.28. The van der Waals surface area contributed by atoms with Crippen molar-refractivity contribution in [1.82, 2.24) is 9.97 Å². The average Bonchev–Trinajstić information content (AvgIpc) is 3.86. The predicted molar refractivity (Wildman–Crippen MR) is 205 cm³/mol. The number of hydrogen-bond acceptors (Lipinski definition) is 4. The molecule has 0 unspecified atom stereocenters. The Morgan fingerprint density at radius 2 is 0.824 bits per heavy atom. The first-order valence-electron chi connectivity index (χ1n) is 17.2. The normalized spacial score (nSPS) is 13.3. The zero-order chi connectivity index (χ0) is 33.5. The van der Waals surface area contributed by atoms with Gasteiger partial charge in [-0.15, -0.1) is 0 Å². The smallest absolute Gasteiger partial charge is 0.161 e. The highest BCUT2D eigenvalue weighted by Gasteiger charge is 2.46. The van der Waals surface area contributed by atoms with E-state index in [1.54, 1.807) is 0 Å². The van der Waals surface area contributed by atoms with Gasteiger partial charge in [-0.1, -0.05) is 109 Å². The molecule has 0 saturated heterocycles. The molecule has 1 aliphatic rings. The topological polar surface area (TPSA) is 52.1 Å². The van der Waals surface area contributed by atoms with E-state index < -0.39 is 5.41 Å². The highest BCUT2D eigenvalue weighted by molar-refractivity contribution is 6.08. The quantitative estimate of drug-likeness (QED) is 0.190. The lowest BCUT2D eigenvalue weighted by molar-refractivity contribution is 0.669. The third-order valence-electron chi connectivity index (χ3n) is 10.7. The van der Waals surface area contributed by atoms with E-state index >= 15 is 0 Å². The van der Waals surface area contributed by atoms with Crippen molar-refractivity contribution in [2.75, 3.05) is 0 Å². The van der Waals surface area contributed by atoms with Gasteiger partial charge in [0.25, 0.3) is 0 Å². The van der Waals surface area contributed by atoms with Gasteiger partial charge in [-0.3, -0.25) is 9.97 Å². The highest BCUT2D eigenvalue weighted by Crippen LogP contribution is 2.57. The van der Waals surface area contributed by atoms with E-state index in [0.717, 1.165) is 66.4 Å². The van der Waals surface area contributed by atoms with Gasteiger partial charge in [-0.2, -0.15) is 0 Å². The van der Waals surface area contributed by atoms with E-state index in [9.17, 15) is 0 Å². The second kappa shape index (κ2) is 10.6. The molecular weight excluding hydrogens is 625 g/mol. The number of fused-ring (bicyclic) bond motifs is 9. The minimum Gasteiger partial charge on any atom is -0.454 e. The molecule has 11 rings (SSSR count). The van der Waals surface area contributed by atoms with E-state index in [2.05, 4.69) is 121 Å². The third-order valence-corrected chi connectivity index (χ3v) is 10.7. The Bertz CT molecular complexity index is 2770. The minimum atomic E-state index is -0.598. The maximum absolute atomic E-state index is 6.49. The Kier molecular flexibility index (Phi) is 5.84. The Morgan fingerprint density at radius 3 is 1.29 bits per heavy atom. The lowest BCUT2D eigenvalue weighted by atomic mass is 9.67. The fourth-order valence-electron chi connectivity index (χ4n) is 8.49. The standard InChI is InChI=1S/C47H28N2O2/c1-3-11-31(12-4-1)47(32-13-5-2-6-14-32)39-27-29(33-23-25-48-43-37-15-7-9-17-41(37)50-45(33)43)19-21-35(39)36-22-20-30(28-40(36)47)34-24-26-49-44-38-16-8-10-18-42(38)51-46(34)44/h1-28H. The molecule has 51 heavy (non-hydrogen) atoms. The summed E-state index contributed by atoms with van der Waals surface area (Å²) < 4.78 is 13.0. The number of furan rings is 2. The number of para-hydroxylation sites is 2.